The smallest absolute Gasteiger partial charge is 0.384 e. The number of nitrogens with zero attached hydrogens (tertiary/aromatic N) is 2. The van der Waals surface area contributed by atoms with Gasteiger partial charge in [-0.05, 0) is 5.01 Å². The molecular formula is C3H2N2O3. The summed E-state index contributed by atoms with van der Waals surface area (Å²) in [6, 6.07) is 0. The lowest BCUT2D eigenvalue weighted by atomic mass is 11.0. The zero-order valence-electron chi connectivity index (χ0n) is 3.77. The van der Waals surface area contributed by atoms with Crippen molar-refractivity contribution in [2.75, 3.05) is 0 Å². The highest BCUT2D eigenvalue weighted by atomic mass is 16.7. The van der Waals surface area contributed by atoms with Crippen LogP contribution in [0.5, 0.6) is 0 Å². The van der Waals surface area contributed by atoms with Crippen LogP contribution in [0.15, 0.2) is 12.5 Å². The molecule has 0 atom stereocenters. The third-order valence-corrected chi connectivity index (χ3v) is 0.592. The fourth-order valence-corrected chi connectivity index (χ4v) is 0.291. The molecule has 2 radical (unpaired) electrons. The Morgan fingerprint density at radius 1 is 1.88 bits per heavy atom. The van der Waals surface area contributed by atoms with Crippen LogP contribution in [0, 0.1) is 16.8 Å². The summed E-state index contributed by atoms with van der Waals surface area (Å²) in [5, 5.41) is 9.69. The van der Waals surface area contributed by atoms with Gasteiger partial charge in [0.05, 0.1) is 0 Å². The van der Waals surface area contributed by atoms with Crippen molar-refractivity contribution in [2.45, 2.75) is 0 Å². The van der Waals surface area contributed by atoms with Crippen LogP contribution in [0.4, 0.5) is 0 Å². The summed E-state index contributed by atoms with van der Waals surface area (Å²) >= 11 is 0. The zero-order valence-corrected chi connectivity index (χ0v) is 3.77. The summed E-state index contributed by atoms with van der Waals surface area (Å²) < 4.78 is 4.27. The van der Waals surface area contributed by atoms with Gasteiger partial charge in [-0.1, -0.05) is 0 Å². The predicted molar refractivity (Wildman–Crippen MR) is 22.3 cm³/mol. The van der Waals surface area contributed by atoms with Gasteiger partial charge in [0, 0.05) is 0 Å². The van der Waals surface area contributed by atoms with Crippen molar-refractivity contribution in [1.29, 1.82) is 0 Å². The fourth-order valence-electron chi connectivity index (χ4n) is 0.291. The Hall–Kier alpha value is -1.26. The molecule has 0 unspecified atom stereocenters. The molecule has 5 nitrogen and oxygen atoms in total. The summed E-state index contributed by atoms with van der Waals surface area (Å²) in [4.78, 5) is 9.74. The molecule has 8 heavy (non-hydrogen) atoms. The minimum atomic E-state index is -0.649. The normalized spacial score (nSPS) is 16.2. The lowest BCUT2D eigenvalue weighted by Crippen LogP contribution is -2.17. The van der Waals surface area contributed by atoms with Gasteiger partial charge in [0.2, 0.25) is 0 Å². The van der Waals surface area contributed by atoms with E-state index >= 15 is 0 Å². The van der Waals surface area contributed by atoms with Gasteiger partial charge in [-0.25, -0.2) is 10.1 Å². The van der Waals surface area contributed by atoms with Crippen molar-refractivity contribution >= 4 is 0 Å². The average Bonchev–Trinajstić information content (AvgIpc) is 2.12. The monoisotopic (exact) mass is 114 g/mol. The van der Waals surface area contributed by atoms with Gasteiger partial charge in [0.25, 0.3) is 0 Å². The molecule has 0 fully saturated rings. The molecule has 0 saturated heterocycles. The molecule has 1 aliphatic rings. The molecule has 5 heteroatoms. The van der Waals surface area contributed by atoms with E-state index in [0.29, 0.717) is 5.01 Å². The molecular weight excluding hydrogens is 112 g/mol. The first kappa shape index (κ1) is 4.89. The molecule has 0 amide bonds. The Morgan fingerprint density at radius 3 is 2.88 bits per heavy atom. The van der Waals surface area contributed by atoms with Gasteiger partial charge in [-0.2, -0.15) is 0 Å². The molecule has 0 saturated carbocycles. The predicted octanol–water partition coefficient (Wildman–Crippen LogP) is -0.0222. The lowest BCUT2D eigenvalue weighted by molar-refractivity contribution is -0.633. The molecule has 42 valence electrons. The Bertz CT molecular complexity index is 132. The molecule has 0 N–H and O–H groups in total. The number of hydrogen-bond donors (Lipinski definition) is 0. The lowest BCUT2D eigenvalue weighted by Gasteiger charge is -1.94. The number of hydrazine groups is 1. The first-order valence-electron chi connectivity index (χ1n) is 1.82. The van der Waals surface area contributed by atoms with Crippen molar-refractivity contribution in [2.24, 2.45) is 0 Å². The van der Waals surface area contributed by atoms with E-state index in [1.807, 2.05) is 6.73 Å². The second-order valence-electron chi connectivity index (χ2n) is 1.08. The number of nitro groups is 1. The molecule has 1 rings (SSSR count). The van der Waals surface area contributed by atoms with Crippen LogP contribution in [-0.2, 0) is 4.74 Å². The van der Waals surface area contributed by atoms with E-state index in [0.717, 1.165) is 6.20 Å². The largest absolute Gasteiger partial charge is 0.457 e. The molecule has 1 heterocycles. The summed E-state index contributed by atoms with van der Waals surface area (Å²) in [6.45, 7) is 1.98. The Labute approximate surface area is 45.3 Å². The first-order chi connectivity index (χ1) is 3.80. The molecule has 0 bridgehead atoms. The van der Waals surface area contributed by atoms with E-state index in [4.69, 9.17) is 0 Å². The van der Waals surface area contributed by atoms with Crippen molar-refractivity contribution in [3.8, 4) is 0 Å². The number of hydrogen-bond acceptors (Lipinski definition) is 3. The summed E-state index contributed by atoms with van der Waals surface area (Å²) in [5.41, 5.74) is 0. The van der Waals surface area contributed by atoms with Crippen molar-refractivity contribution in [3.05, 3.63) is 29.3 Å². The third-order valence-electron chi connectivity index (χ3n) is 0.592. The van der Waals surface area contributed by atoms with Crippen LogP contribution in [0.2, 0.25) is 0 Å². The SMILES string of the molecule is O=[N+]([O-])N1[C]OC=C1. The standard InChI is InChI=1S/C3H2N2O3/c6-5(7)4-1-2-8-3-4/h1-2H. The molecule has 0 spiro atoms. The Morgan fingerprint density at radius 2 is 2.62 bits per heavy atom. The van der Waals surface area contributed by atoms with Crippen molar-refractivity contribution in [1.82, 2.24) is 5.01 Å². The van der Waals surface area contributed by atoms with Gasteiger partial charge >= 0.3 is 6.73 Å². The molecule has 0 aliphatic carbocycles. The molecule has 1 aliphatic heterocycles. The summed E-state index contributed by atoms with van der Waals surface area (Å²) in [5.74, 6) is 0. The Balaban J connectivity index is 2.48. The highest BCUT2D eigenvalue weighted by Gasteiger charge is 2.17. The van der Waals surface area contributed by atoms with Crippen LogP contribution in [0.3, 0.4) is 0 Å². The minimum Gasteiger partial charge on any atom is -0.457 e. The second-order valence-corrected chi connectivity index (χ2v) is 1.08. The Kier molecular flexibility index (Phi) is 1.03. The zero-order chi connectivity index (χ0) is 5.98. The highest BCUT2D eigenvalue weighted by molar-refractivity contribution is 4.79. The van der Waals surface area contributed by atoms with Gasteiger partial charge in [0.1, 0.15) is 12.5 Å². The second kappa shape index (κ2) is 1.69. The van der Waals surface area contributed by atoms with E-state index in [-0.39, 0.29) is 0 Å². The third kappa shape index (κ3) is 0.699. The number of rotatable bonds is 1. The van der Waals surface area contributed by atoms with E-state index in [9.17, 15) is 10.1 Å². The van der Waals surface area contributed by atoms with Crippen LogP contribution < -0.4 is 0 Å². The van der Waals surface area contributed by atoms with Crippen molar-refractivity contribution < 1.29 is 9.77 Å². The van der Waals surface area contributed by atoms with Crippen molar-refractivity contribution in [3.63, 3.8) is 0 Å². The summed E-state index contributed by atoms with van der Waals surface area (Å²) in [6.07, 6.45) is 2.32. The van der Waals surface area contributed by atoms with E-state index in [1.54, 1.807) is 0 Å². The van der Waals surface area contributed by atoms with Crippen LogP contribution in [0.25, 0.3) is 0 Å². The maximum Gasteiger partial charge on any atom is 0.384 e. The van der Waals surface area contributed by atoms with Gasteiger partial charge in [0.15, 0.2) is 5.03 Å². The molecule has 0 aromatic heterocycles. The quantitative estimate of drug-likeness (QED) is 0.355. The maximum absolute atomic E-state index is 9.74. The molecule has 0 aromatic carbocycles. The van der Waals surface area contributed by atoms with Gasteiger partial charge in [-0.3, -0.25) is 0 Å². The van der Waals surface area contributed by atoms with Gasteiger partial charge in [-0.15, -0.1) is 0 Å². The average molecular weight is 114 g/mol. The number of ether oxygens (including phenoxy) is 1. The van der Waals surface area contributed by atoms with E-state index < -0.39 is 5.03 Å². The van der Waals surface area contributed by atoms with Crippen LogP contribution in [0.1, 0.15) is 0 Å². The topological polar surface area (TPSA) is 55.6 Å². The van der Waals surface area contributed by atoms with Crippen LogP contribution >= 0.6 is 0 Å². The van der Waals surface area contributed by atoms with Crippen LogP contribution in [-0.4, -0.2) is 10.0 Å². The molecule has 0 aromatic rings. The first-order valence-corrected chi connectivity index (χ1v) is 1.82. The van der Waals surface area contributed by atoms with Gasteiger partial charge < -0.3 is 4.74 Å². The van der Waals surface area contributed by atoms with E-state index in [2.05, 4.69) is 4.74 Å². The van der Waals surface area contributed by atoms with E-state index in [1.165, 1.54) is 6.26 Å². The maximum atomic E-state index is 9.74. The fraction of sp³-hybridized carbons (Fsp3) is 0. The summed E-state index contributed by atoms with van der Waals surface area (Å²) in [7, 11) is 0. The highest BCUT2D eigenvalue weighted by Crippen LogP contribution is 2.03. The minimum absolute atomic E-state index is 0.597.